The first-order valence-corrected chi connectivity index (χ1v) is 14.2. The Kier molecular flexibility index (Phi) is 12.6. The van der Waals surface area contributed by atoms with Gasteiger partial charge in [-0.2, -0.15) is 0 Å². The van der Waals surface area contributed by atoms with Gasteiger partial charge in [0.1, 0.15) is 18.2 Å². The Morgan fingerprint density at radius 2 is 1.88 bits per heavy atom. The van der Waals surface area contributed by atoms with Gasteiger partial charge in [-0.25, -0.2) is 9.78 Å². The number of methoxy groups -OCH3 is 1. The predicted octanol–water partition coefficient (Wildman–Crippen LogP) is 4.29. The summed E-state index contributed by atoms with van der Waals surface area (Å²) in [7, 11) is 1.39. The van der Waals surface area contributed by atoms with E-state index in [1.807, 2.05) is 18.2 Å². The van der Waals surface area contributed by atoms with Crippen LogP contribution in [0, 0.1) is 5.92 Å². The lowest BCUT2D eigenvalue weighted by atomic mass is 10.0. The molecular weight excluding hydrogens is 528 g/mol. The predicted molar refractivity (Wildman–Crippen MR) is 152 cm³/mol. The zero-order chi connectivity index (χ0) is 29.8. The fourth-order valence-corrected chi connectivity index (χ4v) is 4.67. The Bertz CT molecular complexity index is 1140. The number of aromatic nitrogens is 1. The van der Waals surface area contributed by atoms with E-state index in [4.69, 9.17) is 23.7 Å². The minimum Gasteiger partial charge on any atom is -0.493 e. The maximum Gasteiger partial charge on any atom is 0.329 e. The third-order valence-corrected chi connectivity index (χ3v) is 6.66. The van der Waals surface area contributed by atoms with E-state index in [1.54, 1.807) is 6.92 Å². The summed E-state index contributed by atoms with van der Waals surface area (Å²) in [6, 6.07) is 10.7. The van der Waals surface area contributed by atoms with Crippen LogP contribution in [0.1, 0.15) is 69.4 Å². The number of esters is 2. The zero-order valence-electron chi connectivity index (χ0n) is 24.6. The number of nitrogens with one attached hydrogen (secondary N) is 1. The Morgan fingerprint density at radius 1 is 1.12 bits per heavy atom. The van der Waals surface area contributed by atoms with Gasteiger partial charge in [0.05, 0.1) is 13.2 Å². The Labute approximate surface area is 242 Å². The lowest BCUT2D eigenvalue weighted by Crippen LogP contribution is -2.46. The molecule has 224 valence electrons. The first-order chi connectivity index (χ1) is 19.7. The van der Waals surface area contributed by atoms with Gasteiger partial charge < -0.3 is 29.0 Å². The molecule has 41 heavy (non-hydrogen) atoms. The van der Waals surface area contributed by atoms with Crippen LogP contribution >= 0.6 is 0 Å². The molecule has 3 rings (SSSR count). The monoisotopic (exact) mass is 570 g/mol. The van der Waals surface area contributed by atoms with Crippen molar-refractivity contribution in [2.45, 2.75) is 84.2 Å². The van der Waals surface area contributed by atoms with Gasteiger partial charge in [-0.3, -0.25) is 9.59 Å². The Morgan fingerprint density at radius 3 is 2.56 bits per heavy atom. The minimum atomic E-state index is -0.939. The average Bonchev–Trinajstić information content (AvgIpc) is 2.99. The molecule has 0 saturated carbocycles. The first-order valence-electron chi connectivity index (χ1n) is 14.2. The molecule has 0 aliphatic carbocycles. The normalized spacial score (nSPS) is 21.3. The number of hydrogen-bond donors (Lipinski definition) is 1. The number of carbonyl (C=O) groups excluding carboxylic acids is 3. The molecule has 0 bridgehead atoms. The van der Waals surface area contributed by atoms with E-state index < -0.39 is 36.1 Å². The number of carbonyl (C=O) groups is 3. The minimum absolute atomic E-state index is 0.115. The average molecular weight is 571 g/mol. The van der Waals surface area contributed by atoms with Gasteiger partial charge in [-0.15, -0.1) is 0 Å². The lowest BCUT2D eigenvalue weighted by molar-refractivity contribution is -0.168. The molecule has 1 aliphatic rings. The second-order valence-electron chi connectivity index (χ2n) is 10.6. The molecule has 1 aromatic carbocycles. The van der Waals surface area contributed by atoms with Crippen LogP contribution < -0.4 is 14.8 Å². The van der Waals surface area contributed by atoms with Gasteiger partial charge >= 0.3 is 11.9 Å². The van der Waals surface area contributed by atoms with Crippen LogP contribution in [0.5, 0.6) is 11.5 Å². The SMILES string of the molecule is COc1ccnc(C(=O)N[C@H]2CCC[C@H](OCC(C)C)[C@@H](OCCCc3ccccc3)[C@H](C)OC2=O)c1OC(C)=O. The number of pyridine rings is 1. The van der Waals surface area contributed by atoms with E-state index in [0.717, 1.165) is 12.8 Å². The quantitative estimate of drug-likeness (QED) is 0.294. The number of hydrogen-bond acceptors (Lipinski definition) is 9. The van der Waals surface area contributed by atoms with Gasteiger partial charge in [0.2, 0.25) is 5.75 Å². The summed E-state index contributed by atoms with van der Waals surface area (Å²) < 4.78 is 28.8. The van der Waals surface area contributed by atoms with Crippen LogP contribution in [0.15, 0.2) is 42.6 Å². The third-order valence-electron chi connectivity index (χ3n) is 6.66. The summed E-state index contributed by atoms with van der Waals surface area (Å²) in [6.45, 7) is 8.20. The molecule has 0 spiro atoms. The summed E-state index contributed by atoms with van der Waals surface area (Å²) in [6.07, 6.45) is 3.24. The molecule has 1 aliphatic heterocycles. The van der Waals surface area contributed by atoms with E-state index in [-0.39, 0.29) is 23.3 Å². The zero-order valence-corrected chi connectivity index (χ0v) is 24.6. The van der Waals surface area contributed by atoms with E-state index >= 15 is 0 Å². The van der Waals surface area contributed by atoms with Crippen molar-refractivity contribution in [2.24, 2.45) is 5.92 Å². The third kappa shape index (κ3) is 9.82. The topological polar surface area (TPSA) is 122 Å². The maximum absolute atomic E-state index is 13.3. The van der Waals surface area contributed by atoms with E-state index in [1.165, 1.54) is 31.9 Å². The highest BCUT2D eigenvalue weighted by atomic mass is 16.6. The Hall–Kier alpha value is -3.50. The van der Waals surface area contributed by atoms with Gasteiger partial charge in [-0.1, -0.05) is 44.2 Å². The first kappa shape index (κ1) is 32.0. The van der Waals surface area contributed by atoms with Crippen molar-refractivity contribution in [3.05, 3.63) is 53.9 Å². The number of amides is 1. The summed E-state index contributed by atoms with van der Waals surface area (Å²) in [4.78, 5) is 42.2. The number of benzene rings is 1. The molecule has 10 nitrogen and oxygen atoms in total. The van der Waals surface area contributed by atoms with Crippen molar-refractivity contribution in [2.75, 3.05) is 20.3 Å². The molecule has 0 unspecified atom stereocenters. The van der Waals surface area contributed by atoms with Crippen molar-refractivity contribution in [1.29, 1.82) is 0 Å². The molecule has 1 aromatic heterocycles. The molecule has 0 radical (unpaired) electrons. The second-order valence-corrected chi connectivity index (χ2v) is 10.6. The standard InChI is InChI=1S/C31H42N2O8/c1-20(2)19-39-26-15-9-14-24(33-30(35)27-29(41-22(4)34)25(37-5)16-17-32-27)31(36)40-21(3)28(26)38-18-10-13-23-11-7-6-8-12-23/h6-8,11-12,16-17,20-21,24,26,28H,9-10,13-15,18-19H2,1-5H3,(H,33,35)/t21-,24-,26-,28-/m0/s1. The van der Waals surface area contributed by atoms with Crippen molar-refractivity contribution in [3.8, 4) is 11.5 Å². The smallest absolute Gasteiger partial charge is 0.329 e. The molecule has 1 amide bonds. The van der Waals surface area contributed by atoms with Crippen molar-refractivity contribution in [3.63, 3.8) is 0 Å². The van der Waals surface area contributed by atoms with Crippen LogP contribution in [-0.2, 0) is 30.2 Å². The second kappa shape index (κ2) is 16.1. The van der Waals surface area contributed by atoms with Crippen LogP contribution in [0.2, 0.25) is 0 Å². The number of rotatable bonds is 12. The molecular formula is C31H42N2O8. The van der Waals surface area contributed by atoms with Crippen molar-refractivity contribution < 1.29 is 38.1 Å². The van der Waals surface area contributed by atoms with Crippen LogP contribution in [-0.4, -0.2) is 67.5 Å². The van der Waals surface area contributed by atoms with Gasteiger partial charge in [0.25, 0.3) is 5.91 Å². The van der Waals surface area contributed by atoms with Gasteiger partial charge in [0.15, 0.2) is 11.4 Å². The van der Waals surface area contributed by atoms with Crippen molar-refractivity contribution >= 4 is 17.8 Å². The number of cyclic esters (lactones) is 1. The number of ether oxygens (including phenoxy) is 5. The molecule has 1 saturated heterocycles. The molecule has 4 atom stereocenters. The molecule has 2 aromatic rings. The van der Waals surface area contributed by atoms with E-state index in [9.17, 15) is 14.4 Å². The van der Waals surface area contributed by atoms with Crippen LogP contribution in [0.25, 0.3) is 0 Å². The summed E-state index contributed by atoms with van der Waals surface area (Å²) in [5, 5.41) is 2.71. The highest BCUT2D eigenvalue weighted by molar-refractivity contribution is 5.98. The van der Waals surface area contributed by atoms with Gasteiger partial charge in [0, 0.05) is 32.4 Å². The summed E-state index contributed by atoms with van der Waals surface area (Å²) in [5.41, 5.74) is 1.07. The fraction of sp³-hybridized carbons (Fsp3) is 0.548. The molecule has 10 heteroatoms. The highest BCUT2D eigenvalue weighted by Crippen LogP contribution is 2.30. The van der Waals surface area contributed by atoms with Crippen LogP contribution in [0.3, 0.4) is 0 Å². The molecule has 1 fully saturated rings. The van der Waals surface area contributed by atoms with E-state index in [2.05, 4.69) is 36.3 Å². The highest BCUT2D eigenvalue weighted by Gasteiger charge is 2.36. The maximum atomic E-state index is 13.3. The summed E-state index contributed by atoms with van der Waals surface area (Å²) in [5.74, 6) is -1.52. The summed E-state index contributed by atoms with van der Waals surface area (Å²) >= 11 is 0. The van der Waals surface area contributed by atoms with E-state index in [0.29, 0.717) is 38.4 Å². The van der Waals surface area contributed by atoms with Crippen LogP contribution in [0.4, 0.5) is 0 Å². The van der Waals surface area contributed by atoms with Gasteiger partial charge in [-0.05, 0) is 50.5 Å². The fourth-order valence-electron chi connectivity index (χ4n) is 4.67. The Balaban J connectivity index is 1.72. The molecule has 1 N–H and O–H groups in total. The largest absolute Gasteiger partial charge is 0.493 e. The van der Waals surface area contributed by atoms with Crippen molar-refractivity contribution in [1.82, 2.24) is 10.3 Å². The number of nitrogens with zero attached hydrogens (tertiary/aromatic N) is 1. The lowest BCUT2D eigenvalue weighted by Gasteiger charge is -2.31. The number of aryl methyl sites for hydroxylation is 1. The molecule has 2 heterocycles.